The van der Waals surface area contributed by atoms with Gasteiger partial charge in [-0.2, -0.15) is 0 Å². The van der Waals surface area contributed by atoms with E-state index in [1.807, 2.05) is 27.7 Å². The minimum absolute atomic E-state index is 0.0710. The average molecular weight is 390 g/mol. The second kappa shape index (κ2) is 5.76. The first kappa shape index (κ1) is 19.8. The van der Waals surface area contributed by atoms with Crippen molar-refractivity contribution < 1.29 is 29.3 Å². The number of hydrogen-bond acceptors (Lipinski definition) is 6. The topological polar surface area (TPSA) is 101 Å². The molecule has 0 bridgehead atoms. The first-order valence-electron chi connectivity index (χ1n) is 10.3. The Morgan fingerprint density at radius 1 is 1.14 bits per heavy atom. The van der Waals surface area contributed by atoms with E-state index in [-0.39, 0.29) is 34.4 Å². The highest BCUT2D eigenvalue weighted by molar-refractivity contribution is 6.20. The normalized spacial score (nSPS) is 46.9. The molecule has 0 heterocycles. The van der Waals surface area contributed by atoms with E-state index in [1.54, 1.807) is 0 Å². The summed E-state index contributed by atoms with van der Waals surface area (Å²) < 4.78 is 5.42. The van der Waals surface area contributed by atoms with Gasteiger partial charge in [0.15, 0.2) is 11.9 Å². The third-order valence-corrected chi connectivity index (χ3v) is 8.11. The zero-order chi connectivity index (χ0) is 20.8. The van der Waals surface area contributed by atoms with Crippen LogP contribution in [0, 0.1) is 28.1 Å². The summed E-state index contributed by atoms with van der Waals surface area (Å²) in [4.78, 5) is 39.0. The van der Waals surface area contributed by atoms with Crippen molar-refractivity contribution in [1.82, 2.24) is 0 Å². The van der Waals surface area contributed by atoms with E-state index in [0.29, 0.717) is 18.4 Å². The molecule has 0 aromatic rings. The van der Waals surface area contributed by atoms with Gasteiger partial charge >= 0.3 is 5.97 Å². The molecular weight excluding hydrogens is 360 g/mol. The van der Waals surface area contributed by atoms with Crippen molar-refractivity contribution in [2.45, 2.75) is 78.6 Å². The second-order valence-corrected chi connectivity index (χ2v) is 10.3. The van der Waals surface area contributed by atoms with Crippen molar-refractivity contribution in [3.63, 3.8) is 0 Å². The van der Waals surface area contributed by atoms with Crippen molar-refractivity contribution in [3.8, 4) is 0 Å². The van der Waals surface area contributed by atoms with Crippen molar-refractivity contribution in [2.75, 3.05) is 0 Å². The van der Waals surface area contributed by atoms with Crippen LogP contribution in [-0.2, 0) is 19.1 Å². The minimum Gasteiger partial charge on any atom is -0.453 e. The Morgan fingerprint density at radius 2 is 1.75 bits per heavy atom. The maximum atomic E-state index is 13.7. The highest BCUT2D eigenvalue weighted by Crippen LogP contribution is 2.66. The van der Waals surface area contributed by atoms with Crippen LogP contribution in [0.3, 0.4) is 0 Å². The molecule has 0 saturated heterocycles. The maximum Gasteiger partial charge on any atom is 0.303 e. The molecular formula is C22H30O6. The van der Waals surface area contributed by atoms with Crippen LogP contribution in [0.1, 0.15) is 60.3 Å². The number of Topliss-reactive ketones (excluding diaryl/α,β-unsaturated/α-hetero) is 2. The van der Waals surface area contributed by atoms with Gasteiger partial charge in [-0.1, -0.05) is 34.1 Å². The SMILES string of the molecule is CC(=O)OC1C(=O)C2=C(C(=O)C13CC3C)C(O)C(O)C1C(C)(C)CCCC21C. The molecule has 4 aliphatic carbocycles. The van der Waals surface area contributed by atoms with Gasteiger partial charge in [-0.05, 0) is 30.6 Å². The number of esters is 1. The fourth-order valence-electron chi connectivity index (χ4n) is 6.86. The number of rotatable bonds is 1. The number of hydrogen-bond donors (Lipinski definition) is 2. The molecule has 0 aromatic carbocycles. The quantitative estimate of drug-likeness (QED) is 0.664. The van der Waals surface area contributed by atoms with Crippen molar-refractivity contribution >= 4 is 17.5 Å². The molecule has 2 N–H and O–H groups in total. The smallest absolute Gasteiger partial charge is 0.303 e. The molecule has 2 saturated carbocycles. The second-order valence-electron chi connectivity index (χ2n) is 10.3. The van der Waals surface area contributed by atoms with Gasteiger partial charge in [0.2, 0.25) is 5.78 Å². The summed E-state index contributed by atoms with van der Waals surface area (Å²) in [6, 6.07) is 0. The molecule has 1 spiro atoms. The lowest BCUT2D eigenvalue weighted by atomic mass is 9.46. The summed E-state index contributed by atoms with van der Waals surface area (Å²) in [7, 11) is 0. The third kappa shape index (κ3) is 2.25. The van der Waals surface area contributed by atoms with Crippen molar-refractivity contribution in [2.24, 2.45) is 28.1 Å². The summed E-state index contributed by atoms with van der Waals surface area (Å²) in [6.07, 6.45) is -0.788. The monoisotopic (exact) mass is 390 g/mol. The van der Waals surface area contributed by atoms with Crippen LogP contribution in [0.15, 0.2) is 11.1 Å². The molecule has 4 rings (SSSR count). The number of carbonyl (C=O) groups is 3. The molecule has 0 radical (unpaired) electrons. The van der Waals surface area contributed by atoms with Crippen LogP contribution >= 0.6 is 0 Å². The van der Waals surface area contributed by atoms with Gasteiger partial charge in [-0.25, -0.2) is 0 Å². The van der Waals surface area contributed by atoms with E-state index in [1.165, 1.54) is 6.92 Å². The van der Waals surface area contributed by atoms with E-state index in [0.717, 1.165) is 12.8 Å². The molecule has 0 amide bonds. The van der Waals surface area contributed by atoms with Crippen LogP contribution in [0.4, 0.5) is 0 Å². The molecule has 7 atom stereocenters. The maximum absolute atomic E-state index is 13.7. The average Bonchev–Trinajstić information content (AvgIpc) is 3.24. The summed E-state index contributed by atoms with van der Waals surface area (Å²) in [5.74, 6) is -1.74. The van der Waals surface area contributed by atoms with Gasteiger partial charge in [-0.15, -0.1) is 0 Å². The molecule has 6 heteroatoms. The van der Waals surface area contributed by atoms with Crippen molar-refractivity contribution in [1.29, 1.82) is 0 Å². The molecule has 4 aliphatic rings. The van der Waals surface area contributed by atoms with Crippen LogP contribution in [-0.4, -0.2) is 46.1 Å². The highest BCUT2D eigenvalue weighted by Gasteiger charge is 2.73. The largest absolute Gasteiger partial charge is 0.453 e. The van der Waals surface area contributed by atoms with Gasteiger partial charge in [0.05, 0.1) is 11.5 Å². The molecule has 0 aromatic heterocycles. The fraction of sp³-hybridized carbons (Fsp3) is 0.773. The highest BCUT2D eigenvalue weighted by atomic mass is 16.5. The lowest BCUT2D eigenvalue weighted by Gasteiger charge is -2.58. The predicted molar refractivity (Wildman–Crippen MR) is 100 cm³/mol. The number of aliphatic hydroxyl groups is 2. The van der Waals surface area contributed by atoms with Crippen LogP contribution in [0.25, 0.3) is 0 Å². The Balaban J connectivity index is 1.94. The van der Waals surface area contributed by atoms with Gasteiger partial charge in [0.25, 0.3) is 0 Å². The van der Waals surface area contributed by atoms with Gasteiger partial charge in [0.1, 0.15) is 6.10 Å². The zero-order valence-corrected chi connectivity index (χ0v) is 17.2. The minimum atomic E-state index is -1.38. The van der Waals surface area contributed by atoms with E-state index in [9.17, 15) is 24.6 Å². The molecule has 28 heavy (non-hydrogen) atoms. The molecule has 7 unspecified atom stereocenters. The van der Waals surface area contributed by atoms with E-state index < -0.39 is 35.1 Å². The van der Waals surface area contributed by atoms with Crippen LogP contribution in [0.5, 0.6) is 0 Å². The van der Waals surface area contributed by atoms with Gasteiger partial charge < -0.3 is 14.9 Å². The lowest BCUT2D eigenvalue weighted by molar-refractivity contribution is -0.166. The number of carbonyl (C=O) groups excluding carboxylic acids is 3. The molecule has 154 valence electrons. The summed E-state index contributed by atoms with van der Waals surface area (Å²) in [6.45, 7) is 9.11. The first-order valence-corrected chi connectivity index (χ1v) is 10.3. The van der Waals surface area contributed by atoms with Crippen LogP contribution in [0.2, 0.25) is 0 Å². The van der Waals surface area contributed by atoms with E-state index in [4.69, 9.17) is 4.74 Å². The number of aliphatic hydroxyl groups excluding tert-OH is 2. The summed E-state index contributed by atoms with van der Waals surface area (Å²) in [5, 5.41) is 22.0. The van der Waals surface area contributed by atoms with Crippen molar-refractivity contribution in [3.05, 3.63) is 11.1 Å². The van der Waals surface area contributed by atoms with Gasteiger partial charge in [-0.3, -0.25) is 14.4 Å². The zero-order valence-electron chi connectivity index (χ0n) is 17.2. The Morgan fingerprint density at radius 3 is 2.29 bits per heavy atom. The Kier molecular flexibility index (Phi) is 4.07. The van der Waals surface area contributed by atoms with Crippen LogP contribution < -0.4 is 0 Å². The molecule has 2 fully saturated rings. The Bertz CT molecular complexity index is 810. The number of fused-ring (bicyclic) bond motifs is 2. The molecule has 6 nitrogen and oxygen atoms in total. The third-order valence-electron chi connectivity index (χ3n) is 8.11. The summed E-state index contributed by atoms with van der Waals surface area (Å²) in [5.41, 5.74) is -1.75. The summed E-state index contributed by atoms with van der Waals surface area (Å²) >= 11 is 0. The van der Waals surface area contributed by atoms with Gasteiger partial charge in [0, 0.05) is 29.4 Å². The number of ketones is 2. The van der Waals surface area contributed by atoms with E-state index >= 15 is 0 Å². The van der Waals surface area contributed by atoms with E-state index in [2.05, 4.69) is 0 Å². The molecule has 0 aliphatic heterocycles. The fourth-order valence-corrected chi connectivity index (χ4v) is 6.86. The predicted octanol–water partition coefficient (Wildman–Crippen LogP) is 1.96. The Hall–Kier alpha value is -1.53. The first-order chi connectivity index (χ1) is 12.9. The number of ether oxygens (including phenoxy) is 1. The lowest BCUT2D eigenvalue weighted by Crippen LogP contribution is -2.63. The standard InChI is InChI=1S/C22H30O6/c1-10-9-22(10)18(27)12-13(15(25)19(22)28-11(2)23)21(5)8-6-7-20(3,4)17(21)16(26)14(12)24/h10,14,16-17,19,24,26H,6-9H2,1-5H3. The Labute approximate surface area is 165 Å².